The van der Waals surface area contributed by atoms with E-state index in [1.165, 1.54) is 12.1 Å². The summed E-state index contributed by atoms with van der Waals surface area (Å²) in [5.74, 6) is -1.13. The first kappa shape index (κ1) is 15.4. The monoisotopic (exact) mass is 320 g/mol. The largest absolute Gasteiger partial charge is 0.477 e. The average Bonchev–Trinajstić information content (AvgIpc) is 2.87. The number of morpholine rings is 1. The van der Waals surface area contributed by atoms with Gasteiger partial charge in [-0.3, -0.25) is 0 Å². The summed E-state index contributed by atoms with van der Waals surface area (Å²) in [6, 6.07) is 2.58. The lowest BCUT2D eigenvalue weighted by Crippen LogP contribution is -2.45. The van der Waals surface area contributed by atoms with Crippen molar-refractivity contribution in [2.24, 2.45) is 0 Å². The molecular formula is C11H16N2O5S2. The summed E-state index contributed by atoms with van der Waals surface area (Å²) in [5.41, 5.74) is 0. The Labute approximate surface area is 121 Å². The van der Waals surface area contributed by atoms with Crippen LogP contribution in [0.4, 0.5) is 0 Å². The molecule has 1 fully saturated rings. The molecule has 1 aromatic rings. The second-order valence-electron chi connectivity index (χ2n) is 4.53. The van der Waals surface area contributed by atoms with Crippen molar-refractivity contribution in [3.8, 4) is 0 Å². The number of nitrogens with zero attached hydrogens (tertiary/aromatic N) is 1. The molecule has 9 heteroatoms. The van der Waals surface area contributed by atoms with Crippen molar-refractivity contribution in [1.29, 1.82) is 0 Å². The van der Waals surface area contributed by atoms with Crippen molar-refractivity contribution in [3.05, 3.63) is 17.0 Å². The van der Waals surface area contributed by atoms with Crippen LogP contribution in [0.3, 0.4) is 0 Å². The minimum absolute atomic E-state index is 0.000867. The molecule has 112 valence electrons. The van der Waals surface area contributed by atoms with E-state index in [0.717, 1.165) is 17.9 Å². The number of carboxylic acids is 1. The number of hydrogen-bond acceptors (Lipinski definition) is 6. The molecule has 0 spiro atoms. The molecule has 1 aliphatic heterocycles. The highest BCUT2D eigenvalue weighted by atomic mass is 32.2. The predicted molar refractivity (Wildman–Crippen MR) is 73.7 cm³/mol. The third kappa shape index (κ3) is 3.76. The number of carboxylic acid groups (broad SMARTS) is 1. The van der Waals surface area contributed by atoms with E-state index in [1.807, 2.05) is 7.05 Å². The molecule has 0 bridgehead atoms. The Morgan fingerprint density at radius 3 is 2.95 bits per heavy atom. The van der Waals surface area contributed by atoms with Crippen LogP contribution in [0.1, 0.15) is 9.67 Å². The zero-order chi connectivity index (χ0) is 14.8. The third-order valence-electron chi connectivity index (χ3n) is 2.90. The van der Waals surface area contributed by atoms with E-state index in [4.69, 9.17) is 9.84 Å². The summed E-state index contributed by atoms with van der Waals surface area (Å²) in [7, 11) is -1.74. The van der Waals surface area contributed by atoms with Gasteiger partial charge in [-0.1, -0.05) is 0 Å². The van der Waals surface area contributed by atoms with Gasteiger partial charge in [-0.2, -0.15) is 0 Å². The van der Waals surface area contributed by atoms with Gasteiger partial charge in [0.1, 0.15) is 9.09 Å². The first-order valence-corrected chi connectivity index (χ1v) is 8.31. The van der Waals surface area contributed by atoms with Crippen molar-refractivity contribution in [2.45, 2.75) is 10.3 Å². The number of ether oxygens (including phenoxy) is 1. The normalized spacial score (nSPS) is 20.9. The Morgan fingerprint density at radius 2 is 2.35 bits per heavy atom. The zero-order valence-electron chi connectivity index (χ0n) is 10.9. The maximum Gasteiger partial charge on any atom is 0.345 e. The zero-order valence-corrected chi connectivity index (χ0v) is 12.5. The van der Waals surface area contributed by atoms with Crippen molar-refractivity contribution >= 4 is 27.3 Å². The molecule has 7 nitrogen and oxygen atoms in total. The van der Waals surface area contributed by atoms with Gasteiger partial charge in [0.05, 0.1) is 12.7 Å². The molecule has 1 saturated heterocycles. The maximum atomic E-state index is 12.0. The molecular weight excluding hydrogens is 304 g/mol. The molecule has 2 rings (SSSR count). The molecule has 0 aromatic carbocycles. The lowest BCUT2D eigenvalue weighted by molar-refractivity contribution is -0.0156. The molecule has 1 unspecified atom stereocenters. The number of nitrogens with one attached hydrogen (secondary N) is 1. The van der Waals surface area contributed by atoms with Gasteiger partial charge in [0.2, 0.25) is 10.0 Å². The summed E-state index contributed by atoms with van der Waals surface area (Å²) >= 11 is 0.734. The van der Waals surface area contributed by atoms with Crippen LogP contribution >= 0.6 is 11.3 Å². The lowest BCUT2D eigenvalue weighted by Gasteiger charge is -2.29. The van der Waals surface area contributed by atoms with Crippen molar-refractivity contribution in [2.75, 3.05) is 33.3 Å². The Hall–Kier alpha value is -1.00. The first-order valence-electron chi connectivity index (χ1n) is 6.01. The van der Waals surface area contributed by atoms with Gasteiger partial charge >= 0.3 is 5.97 Å². The van der Waals surface area contributed by atoms with Gasteiger partial charge in [0.25, 0.3) is 0 Å². The van der Waals surface area contributed by atoms with Gasteiger partial charge in [-0.15, -0.1) is 11.3 Å². The van der Waals surface area contributed by atoms with E-state index in [-0.39, 0.29) is 21.7 Å². The fourth-order valence-electron chi connectivity index (χ4n) is 1.84. The minimum Gasteiger partial charge on any atom is -0.477 e. The van der Waals surface area contributed by atoms with Crippen LogP contribution in [0, 0.1) is 0 Å². The number of thiophene rings is 1. The van der Waals surface area contributed by atoms with Crippen LogP contribution in [-0.4, -0.2) is 63.8 Å². The van der Waals surface area contributed by atoms with Crippen LogP contribution in [0.15, 0.2) is 16.3 Å². The fraction of sp³-hybridized carbons (Fsp3) is 0.545. The Morgan fingerprint density at radius 1 is 1.60 bits per heavy atom. The topological polar surface area (TPSA) is 95.9 Å². The first-order chi connectivity index (χ1) is 9.38. The molecule has 2 N–H and O–H groups in total. The number of hydrogen-bond donors (Lipinski definition) is 2. The van der Waals surface area contributed by atoms with Gasteiger partial charge in [0.15, 0.2) is 0 Å². The summed E-state index contributed by atoms with van der Waals surface area (Å²) < 4.78 is 32.0. The smallest absolute Gasteiger partial charge is 0.345 e. The third-order valence-corrected chi connectivity index (χ3v) is 5.89. The van der Waals surface area contributed by atoms with Crippen LogP contribution < -0.4 is 4.72 Å². The molecule has 1 atom stereocenters. The number of rotatable bonds is 5. The highest BCUT2D eigenvalue weighted by molar-refractivity contribution is 7.91. The second-order valence-corrected chi connectivity index (χ2v) is 7.61. The van der Waals surface area contributed by atoms with Gasteiger partial charge in [0, 0.05) is 19.6 Å². The van der Waals surface area contributed by atoms with Crippen LogP contribution in [-0.2, 0) is 14.8 Å². The molecule has 0 saturated carbocycles. The number of carbonyl (C=O) groups is 1. The highest BCUT2D eigenvalue weighted by Crippen LogP contribution is 2.21. The van der Waals surface area contributed by atoms with Gasteiger partial charge < -0.3 is 14.7 Å². The number of sulfonamides is 1. The van der Waals surface area contributed by atoms with E-state index in [2.05, 4.69) is 9.62 Å². The van der Waals surface area contributed by atoms with Gasteiger partial charge in [-0.05, 0) is 19.2 Å². The predicted octanol–water partition coefficient (Wildman–Crippen LogP) is 0.0552. The van der Waals surface area contributed by atoms with Crippen molar-refractivity contribution in [1.82, 2.24) is 9.62 Å². The SMILES string of the molecule is CN1CCOC(CNS(=O)(=O)c2ccc(C(=O)O)s2)C1. The van der Waals surface area contributed by atoms with E-state index < -0.39 is 16.0 Å². The molecule has 0 amide bonds. The Bertz CT molecular complexity index is 583. The molecule has 20 heavy (non-hydrogen) atoms. The molecule has 2 heterocycles. The number of likely N-dealkylation sites (N-methyl/N-ethyl adjacent to an activating group) is 1. The molecule has 1 aromatic heterocycles. The highest BCUT2D eigenvalue weighted by Gasteiger charge is 2.23. The standard InChI is InChI=1S/C11H16N2O5S2/c1-13-4-5-18-8(7-13)6-12-20(16,17)10-3-2-9(19-10)11(14)15/h2-3,8,12H,4-7H2,1H3,(H,14,15). The molecule has 0 aliphatic carbocycles. The van der Waals surface area contributed by atoms with E-state index in [0.29, 0.717) is 13.2 Å². The number of aromatic carboxylic acids is 1. The minimum atomic E-state index is -3.68. The van der Waals surface area contributed by atoms with E-state index >= 15 is 0 Å². The Kier molecular flexibility index (Phi) is 4.76. The molecule has 1 aliphatic rings. The van der Waals surface area contributed by atoms with Crippen LogP contribution in [0.5, 0.6) is 0 Å². The fourth-order valence-corrected chi connectivity index (χ4v) is 4.10. The lowest BCUT2D eigenvalue weighted by atomic mass is 10.3. The average molecular weight is 320 g/mol. The van der Waals surface area contributed by atoms with E-state index in [1.54, 1.807) is 0 Å². The summed E-state index contributed by atoms with van der Waals surface area (Å²) in [4.78, 5) is 12.8. The summed E-state index contributed by atoms with van der Waals surface area (Å²) in [6.45, 7) is 2.24. The quantitative estimate of drug-likeness (QED) is 0.796. The van der Waals surface area contributed by atoms with Crippen molar-refractivity contribution in [3.63, 3.8) is 0 Å². The maximum absolute atomic E-state index is 12.0. The molecule has 0 radical (unpaired) electrons. The van der Waals surface area contributed by atoms with E-state index in [9.17, 15) is 13.2 Å². The van der Waals surface area contributed by atoms with Crippen LogP contribution in [0.25, 0.3) is 0 Å². The van der Waals surface area contributed by atoms with Crippen LogP contribution in [0.2, 0.25) is 0 Å². The Balaban J connectivity index is 1.98. The second kappa shape index (κ2) is 6.19. The van der Waals surface area contributed by atoms with Crippen molar-refractivity contribution < 1.29 is 23.1 Å². The summed E-state index contributed by atoms with van der Waals surface area (Å²) in [6.07, 6.45) is -0.192. The van der Waals surface area contributed by atoms with Gasteiger partial charge in [-0.25, -0.2) is 17.9 Å². The summed E-state index contributed by atoms with van der Waals surface area (Å²) in [5, 5.41) is 8.80.